The molecule has 0 saturated heterocycles. The van der Waals surface area contributed by atoms with Crippen LogP contribution >= 0.6 is 0 Å². The summed E-state index contributed by atoms with van der Waals surface area (Å²) in [5.74, 6) is 9.01. The molecule has 2 rings (SSSR count). The highest BCUT2D eigenvalue weighted by molar-refractivity contribution is 5.97. The predicted octanol–water partition coefficient (Wildman–Crippen LogP) is 1.65. The van der Waals surface area contributed by atoms with Crippen molar-refractivity contribution in [1.82, 2.24) is 5.32 Å². The van der Waals surface area contributed by atoms with Crippen LogP contribution < -0.4 is 5.32 Å². The van der Waals surface area contributed by atoms with Crippen molar-refractivity contribution in [1.29, 1.82) is 0 Å². The smallest absolute Gasteiger partial charge is 0.329 e. The molecule has 1 aromatic carbocycles. The molecule has 0 spiro atoms. The molecule has 1 aliphatic rings. The van der Waals surface area contributed by atoms with Gasteiger partial charge in [0.25, 0.3) is 12.3 Å². The van der Waals surface area contributed by atoms with Crippen LogP contribution in [0.1, 0.15) is 35.7 Å². The summed E-state index contributed by atoms with van der Waals surface area (Å²) in [4.78, 5) is 23.2. The SMILES string of the molecule is CC(O)(C(F)F)[C@H](NC(=O)c1ccc(C#CC#CC2CC2)cc1)C(=O)O. The third-order valence-corrected chi connectivity index (χ3v) is 3.82. The summed E-state index contributed by atoms with van der Waals surface area (Å²) in [5.41, 5.74) is -2.26. The number of amides is 1. The fourth-order valence-corrected chi connectivity index (χ4v) is 1.97. The monoisotopic (exact) mass is 361 g/mol. The average Bonchev–Trinajstić information content (AvgIpc) is 3.40. The molecule has 0 aromatic heterocycles. The number of hydrogen-bond donors (Lipinski definition) is 3. The van der Waals surface area contributed by atoms with Gasteiger partial charge >= 0.3 is 5.97 Å². The van der Waals surface area contributed by atoms with Gasteiger partial charge in [0.15, 0.2) is 11.6 Å². The Bertz CT molecular complexity index is 806. The zero-order valence-corrected chi connectivity index (χ0v) is 13.9. The molecule has 0 aliphatic heterocycles. The van der Waals surface area contributed by atoms with Crippen LogP contribution in [-0.4, -0.2) is 40.2 Å². The Kier molecular flexibility index (Phi) is 5.97. The second kappa shape index (κ2) is 7.99. The van der Waals surface area contributed by atoms with Gasteiger partial charge in [-0.15, -0.1) is 0 Å². The van der Waals surface area contributed by atoms with Crippen molar-refractivity contribution in [3.63, 3.8) is 0 Å². The van der Waals surface area contributed by atoms with E-state index in [1.54, 1.807) is 0 Å². The number of rotatable bonds is 5. The highest BCUT2D eigenvalue weighted by Crippen LogP contribution is 2.27. The summed E-state index contributed by atoms with van der Waals surface area (Å²) in [7, 11) is 0. The molecular weight excluding hydrogens is 344 g/mol. The van der Waals surface area contributed by atoms with Crippen molar-refractivity contribution >= 4 is 11.9 Å². The standard InChI is InChI=1S/C19H17F2NO4/c1-19(26,18(20)21)15(17(24)25)22-16(23)14-10-8-13(9-11-14)5-3-2-4-12-6-7-12/h8-12,15,18,26H,6-7H2,1H3,(H,22,23)(H,24,25)/t15-,19?/m1/s1. The lowest BCUT2D eigenvalue weighted by molar-refractivity contribution is -0.157. The van der Waals surface area contributed by atoms with E-state index in [0.717, 1.165) is 12.8 Å². The van der Waals surface area contributed by atoms with E-state index < -0.39 is 29.9 Å². The first-order valence-corrected chi connectivity index (χ1v) is 7.87. The number of carbonyl (C=O) groups excluding carboxylic acids is 1. The number of aliphatic carboxylic acids is 1. The maximum absolute atomic E-state index is 12.8. The van der Waals surface area contributed by atoms with E-state index in [-0.39, 0.29) is 5.56 Å². The van der Waals surface area contributed by atoms with Crippen LogP contribution in [0, 0.1) is 29.6 Å². The molecule has 136 valence electrons. The molecule has 1 fully saturated rings. The van der Waals surface area contributed by atoms with E-state index in [9.17, 15) is 23.5 Å². The Morgan fingerprint density at radius 1 is 1.23 bits per heavy atom. The van der Waals surface area contributed by atoms with Crippen molar-refractivity contribution < 1.29 is 28.6 Å². The van der Waals surface area contributed by atoms with Crippen molar-refractivity contribution in [2.24, 2.45) is 5.92 Å². The van der Waals surface area contributed by atoms with Crippen LogP contribution in [0.5, 0.6) is 0 Å². The minimum Gasteiger partial charge on any atom is -0.480 e. The van der Waals surface area contributed by atoms with Gasteiger partial charge in [0, 0.05) is 17.0 Å². The maximum Gasteiger partial charge on any atom is 0.329 e. The van der Waals surface area contributed by atoms with E-state index in [1.165, 1.54) is 24.3 Å². The Hall–Kier alpha value is -2.90. The van der Waals surface area contributed by atoms with Gasteiger partial charge in [-0.2, -0.15) is 0 Å². The first-order valence-electron chi connectivity index (χ1n) is 7.87. The van der Waals surface area contributed by atoms with E-state index >= 15 is 0 Å². The summed E-state index contributed by atoms with van der Waals surface area (Å²) >= 11 is 0. The van der Waals surface area contributed by atoms with Crippen LogP contribution in [0.15, 0.2) is 24.3 Å². The number of carboxylic acids is 1. The second-order valence-corrected chi connectivity index (χ2v) is 6.14. The predicted molar refractivity (Wildman–Crippen MR) is 89.3 cm³/mol. The molecule has 2 atom stereocenters. The number of carboxylic acid groups (broad SMARTS) is 1. The number of carbonyl (C=O) groups is 2. The Morgan fingerprint density at radius 3 is 2.35 bits per heavy atom. The first kappa shape index (κ1) is 19.4. The average molecular weight is 361 g/mol. The minimum atomic E-state index is -3.35. The second-order valence-electron chi connectivity index (χ2n) is 6.14. The number of benzene rings is 1. The molecule has 1 amide bonds. The minimum absolute atomic E-state index is 0.0518. The Labute approximate surface area is 149 Å². The third kappa shape index (κ3) is 5.05. The van der Waals surface area contributed by atoms with Crippen LogP contribution in [0.4, 0.5) is 8.78 Å². The fourth-order valence-electron chi connectivity index (χ4n) is 1.97. The lowest BCUT2D eigenvalue weighted by atomic mass is 9.96. The van der Waals surface area contributed by atoms with Crippen LogP contribution in [0.25, 0.3) is 0 Å². The zero-order valence-electron chi connectivity index (χ0n) is 13.9. The van der Waals surface area contributed by atoms with Crippen molar-refractivity contribution in [3.8, 4) is 23.7 Å². The molecule has 1 aliphatic carbocycles. The van der Waals surface area contributed by atoms with Gasteiger partial charge < -0.3 is 15.5 Å². The van der Waals surface area contributed by atoms with Gasteiger partial charge in [0.1, 0.15) is 0 Å². The van der Waals surface area contributed by atoms with Crippen molar-refractivity contribution in [3.05, 3.63) is 35.4 Å². The number of nitrogens with one attached hydrogen (secondary N) is 1. The number of aliphatic hydroxyl groups is 1. The molecule has 0 bridgehead atoms. The topological polar surface area (TPSA) is 86.6 Å². The molecule has 0 heterocycles. The third-order valence-electron chi connectivity index (χ3n) is 3.82. The molecule has 1 saturated carbocycles. The molecular formula is C19H17F2NO4. The Balaban J connectivity index is 2.06. The van der Waals surface area contributed by atoms with Gasteiger partial charge in [-0.25, -0.2) is 13.6 Å². The summed E-state index contributed by atoms with van der Waals surface area (Å²) in [6.07, 6.45) is -1.14. The van der Waals surface area contributed by atoms with Gasteiger partial charge in [-0.1, -0.05) is 11.8 Å². The number of hydrogen-bond acceptors (Lipinski definition) is 3. The van der Waals surface area contributed by atoms with Crippen molar-refractivity contribution in [2.45, 2.75) is 37.8 Å². The molecule has 3 N–H and O–H groups in total. The van der Waals surface area contributed by atoms with Gasteiger partial charge in [0.2, 0.25) is 0 Å². The van der Waals surface area contributed by atoms with E-state index in [1.807, 2.05) is 5.32 Å². The highest BCUT2D eigenvalue weighted by atomic mass is 19.3. The lowest BCUT2D eigenvalue weighted by Crippen LogP contribution is -2.59. The largest absolute Gasteiger partial charge is 0.480 e. The van der Waals surface area contributed by atoms with Crippen molar-refractivity contribution in [2.75, 3.05) is 0 Å². The van der Waals surface area contributed by atoms with Crippen LogP contribution in [0.2, 0.25) is 0 Å². The van der Waals surface area contributed by atoms with Gasteiger partial charge in [0.05, 0.1) is 0 Å². The number of halogens is 2. The normalized spacial score (nSPS) is 16.3. The first-order chi connectivity index (χ1) is 12.2. The molecule has 1 unspecified atom stereocenters. The molecule has 0 radical (unpaired) electrons. The highest BCUT2D eigenvalue weighted by Gasteiger charge is 2.46. The maximum atomic E-state index is 12.8. The summed E-state index contributed by atoms with van der Waals surface area (Å²) < 4.78 is 25.7. The quantitative estimate of drug-likeness (QED) is 0.696. The Morgan fingerprint density at radius 2 is 1.85 bits per heavy atom. The summed E-state index contributed by atoms with van der Waals surface area (Å²) in [5, 5.41) is 20.6. The van der Waals surface area contributed by atoms with E-state index in [0.29, 0.717) is 18.4 Å². The van der Waals surface area contributed by atoms with E-state index in [2.05, 4.69) is 23.7 Å². The lowest BCUT2D eigenvalue weighted by Gasteiger charge is -2.29. The molecule has 1 aromatic rings. The zero-order chi connectivity index (χ0) is 19.3. The molecule has 7 heteroatoms. The molecule has 5 nitrogen and oxygen atoms in total. The fraction of sp³-hybridized carbons (Fsp3) is 0.368. The number of alkyl halides is 2. The summed E-state index contributed by atoms with van der Waals surface area (Å²) in [6.45, 7) is 0.651. The van der Waals surface area contributed by atoms with E-state index in [4.69, 9.17) is 5.11 Å². The summed E-state index contributed by atoms with van der Waals surface area (Å²) in [6, 6.07) is 3.66. The molecule has 26 heavy (non-hydrogen) atoms. The van der Waals surface area contributed by atoms with Gasteiger partial charge in [-0.05, 0) is 55.9 Å². The van der Waals surface area contributed by atoms with Gasteiger partial charge in [-0.3, -0.25) is 4.79 Å². The van der Waals surface area contributed by atoms with Crippen LogP contribution in [0.3, 0.4) is 0 Å². The van der Waals surface area contributed by atoms with Crippen LogP contribution in [-0.2, 0) is 4.79 Å².